The van der Waals surface area contributed by atoms with Gasteiger partial charge in [-0.3, -0.25) is 4.98 Å². The molecule has 0 N–H and O–H groups in total. The van der Waals surface area contributed by atoms with E-state index in [1.54, 1.807) is 31.6 Å². The highest BCUT2D eigenvalue weighted by Gasteiger charge is 2.12. The fourth-order valence-electron chi connectivity index (χ4n) is 1.90. The van der Waals surface area contributed by atoms with Crippen molar-refractivity contribution in [2.75, 3.05) is 13.7 Å². The minimum absolute atomic E-state index is 0.600. The van der Waals surface area contributed by atoms with Gasteiger partial charge in [0.2, 0.25) is 0 Å². The average molecular weight is 435 g/mol. The molecule has 0 fully saturated rings. The lowest BCUT2D eigenvalue weighted by Gasteiger charge is -1.99. The van der Waals surface area contributed by atoms with E-state index in [-0.39, 0.29) is 0 Å². The van der Waals surface area contributed by atoms with Crippen LogP contribution in [0, 0.1) is 19.3 Å². The number of rotatable bonds is 5. The molecule has 0 aliphatic rings. The van der Waals surface area contributed by atoms with Gasteiger partial charge in [-0.05, 0) is 48.3 Å². The van der Waals surface area contributed by atoms with E-state index in [4.69, 9.17) is 9.72 Å². The molecule has 140 valence electrons. The summed E-state index contributed by atoms with van der Waals surface area (Å²) in [6.07, 6.45) is 14.3. The molecule has 0 unspecified atom stereocenters. The second-order valence-corrected chi connectivity index (χ2v) is 6.82. The van der Waals surface area contributed by atoms with Crippen molar-refractivity contribution in [3.8, 4) is 22.9 Å². The summed E-state index contributed by atoms with van der Waals surface area (Å²) in [5.41, 5.74) is 3.15. The molecule has 2 rings (SSSR count). The Bertz CT molecular complexity index is 758. The van der Waals surface area contributed by atoms with Crippen LogP contribution >= 0.6 is 27.3 Å². The number of halogens is 1. The first-order chi connectivity index (χ1) is 12.6. The van der Waals surface area contributed by atoms with Crippen molar-refractivity contribution in [2.45, 2.75) is 34.6 Å². The second kappa shape index (κ2) is 14.4. The molecular weight excluding hydrogens is 408 g/mol. The summed E-state index contributed by atoms with van der Waals surface area (Å²) in [5.74, 6) is 2.25. The first kappa shape index (κ1) is 24.3. The Morgan fingerprint density at radius 3 is 2.58 bits per heavy atom. The van der Waals surface area contributed by atoms with Crippen molar-refractivity contribution in [1.29, 1.82) is 0 Å². The third-order valence-electron chi connectivity index (χ3n) is 2.89. The quantitative estimate of drug-likeness (QED) is 0.395. The van der Waals surface area contributed by atoms with Crippen LogP contribution in [0.4, 0.5) is 0 Å². The van der Waals surface area contributed by atoms with Gasteiger partial charge in [0.1, 0.15) is 5.01 Å². The van der Waals surface area contributed by atoms with Crippen molar-refractivity contribution in [3.63, 3.8) is 0 Å². The fourth-order valence-corrected chi connectivity index (χ4v) is 3.18. The zero-order chi connectivity index (χ0) is 19.9. The zero-order valence-corrected chi connectivity index (χ0v) is 18.7. The molecule has 0 amide bonds. The summed E-state index contributed by atoms with van der Waals surface area (Å²) in [5, 5.41) is 0.982. The fraction of sp³-hybridized carbons (Fsp3) is 0.333. The average Bonchev–Trinajstić information content (AvgIpc) is 3.03. The maximum atomic E-state index is 5.05. The normalized spacial score (nSPS) is 10.5. The first-order valence-corrected chi connectivity index (χ1v) is 9.96. The predicted molar refractivity (Wildman–Crippen MR) is 118 cm³/mol. The SMILES string of the molecule is C#CC.C/C=C(\C=C/COC)c1nc(-c2cncc(Br)c2)sc1C.CC. The highest BCUT2D eigenvalue weighted by Crippen LogP contribution is 2.32. The van der Waals surface area contributed by atoms with Gasteiger partial charge in [-0.25, -0.2) is 4.98 Å². The van der Waals surface area contributed by atoms with Crippen LogP contribution in [0.5, 0.6) is 0 Å². The number of aromatic nitrogens is 2. The summed E-state index contributed by atoms with van der Waals surface area (Å²) >= 11 is 5.13. The van der Waals surface area contributed by atoms with Crippen molar-refractivity contribution < 1.29 is 4.74 Å². The first-order valence-electron chi connectivity index (χ1n) is 8.35. The van der Waals surface area contributed by atoms with Crippen LogP contribution < -0.4 is 0 Å². The van der Waals surface area contributed by atoms with E-state index < -0.39 is 0 Å². The van der Waals surface area contributed by atoms with E-state index in [0.29, 0.717) is 6.61 Å². The Hall–Kier alpha value is -1.74. The Morgan fingerprint density at radius 2 is 2.04 bits per heavy atom. The number of ether oxygens (including phenoxy) is 1. The molecular formula is C21H27BrN2OS. The van der Waals surface area contributed by atoms with E-state index >= 15 is 0 Å². The van der Waals surface area contributed by atoms with Crippen LogP contribution in [-0.2, 0) is 4.74 Å². The summed E-state index contributed by atoms with van der Waals surface area (Å²) in [4.78, 5) is 10.2. The molecule has 0 aromatic carbocycles. The van der Waals surface area contributed by atoms with Gasteiger partial charge < -0.3 is 4.74 Å². The minimum atomic E-state index is 0.600. The lowest BCUT2D eigenvalue weighted by Crippen LogP contribution is -1.87. The largest absolute Gasteiger partial charge is 0.381 e. The number of nitrogens with zero attached hydrogens (tertiary/aromatic N) is 2. The molecule has 2 aromatic heterocycles. The predicted octanol–water partition coefficient (Wildman–Crippen LogP) is 6.55. The lowest BCUT2D eigenvalue weighted by molar-refractivity contribution is 0.234. The summed E-state index contributed by atoms with van der Waals surface area (Å²) in [7, 11) is 1.69. The zero-order valence-electron chi connectivity index (χ0n) is 16.3. The molecule has 2 aromatic rings. The number of allylic oxidation sites excluding steroid dienone is 3. The smallest absolute Gasteiger partial charge is 0.125 e. The molecule has 3 nitrogen and oxygen atoms in total. The Labute approximate surface area is 170 Å². The third kappa shape index (κ3) is 8.09. The van der Waals surface area contributed by atoms with E-state index in [2.05, 4.69) is 52.3 Å². The second-order valence-electron chi connectivity index (χ2n) is 4.71. The number of hydrogen-bond acceptors (Lipinski definition) is 4. The molecule has 0 spiro atoms. The van der Waals surface area contributed by atoms with Gasteiger partial charge in [0.25, 0.3) is 0 Å². The van der Waals surface area contributed by atoms with Crippen LogP contribution in [0.3, 0.4) is 0 Å². The minimum Gasteiger partial charge on any atom is -0.381 e. The van der Waals surface area contributed by atoms with Crippen LogP contribution in [0.2, 0.25) is 0 Å². The molecule has 0 saturated carbocycles. The molecule has 26 heavy (non-hydrogen) atoms. The van der Waals surface area contributed by atoms with Gasteiger partial charge in [0.05, 0.1) is 12.3 Å². The van der Waals surface area contributed by atoms with Crippen LogP contribution in [0.1, 0.15) is 38.3 Å². The van der Waals surface area contributed by atoms with Crippen LogP contribution in [0.25, 0.3) is 16.1 Å². The van der Waals surface area contributed by atoms with E-state index in [1.807, 2.05) is 39.1 Å². The van der Waals surface area contributed by atoms with Gasteiger partial charge >= 0.3 is 0 Å². The number of hydrogen-bond donors (Lipinski definition) is 0. The Balaban J connectivity index is 0.00000113. The van der Waals surface area contributed by atoms with Gasteiger partial charge in [0, 0.05) is 34.4 Å². The van der Waals surface area contributed by atoms with Gasteiger partial charge in [-0.2, -0.15) is 0 Å². The molecule has 2 heterocycles. The standard InChI is InChI=1S/C16H17BrN2OS.C3H4.C2H6/c1-4-12(6-5-7-20-3)15-11(2)21-16(19-15)13-8-14(17)10-18-9-13;1-3-2;1-2/h4-6,8-10H,7H2,1-3H3;1H,2H3;1-2H3/b6-5-,12-4+;;. The molecule has 0 radical (unpaired) electrons. The number of aryl methyl sites for hydroxylation is 1. The van der Waals surface area contributed by atoms with Crippen molar-refractivity contribution in [3.05, 3.63) is 51.7 Å². The maximum Gasteiger partial charge on any atom is 0.125 e. The summed E-state index contributed by atoms with van der Waals surface area (Å²) in [6.45, 7) is 10.4. The summed E-state index contributed by atoms with van der Waals surface area (Å²) in [6, 6.07) is 2.03. The van der Waals surface area contributed by atoms with Crippen LogP contribution in [0.15, 0.2) is 41.2 Å². The van der Waals surface area contributed by atoms with E-state index in [9.17, 15) is 0 Å². The third-order valence-corrected chi connectivity index (χ3v) is 4.35. The van der Waals surface area contributed by atoms with Crippen molar-refractivity contribution >= 4 is 32.8 Å². The molecule has 0 aliphatic carbocycles. The number of terminal acetylenes is 1. The highest BCUT2D eigenvalue weighted by molar-refractivity contribution is 9.10. The van der Waals surface area contributed by atoms with Gasteiger partial charge in [-0.15, -0.1) is 23.7 Å². The van der Waals surface area contributed by atoms with Gasteiger partial charge in [-0.1, -0.05) is 32.1 Å². The van der Waals surface area contributed by atoms with Crippen molar-refractivity contribution in [1.82, 2.24) is 9.97 Å². The molecule has 0 atom stereocenters. The van der Waals surface area contributed by atoms with Crippen LogP contribution in [-0.4, -0.2) is 23.7 Å². The molecule has 0 saturated heterocycles. The molecule has 0 aliphatic heterocycles. The summed E-state index contributed by atoms with van der Waals surface area (Å²) < 4.78 is 6.00. The van der Waals surface area contributed by atoms with Gasteiger partial charge in [0.15, 0.2) is 0 Å². The topological polar surface area (TPSA) is 35.0 Å². The maximum absolute atomic E-state index is 5.05. The lowest BCUT2D eigenvalue weighted by atomic mass is 10.1. The molecule has 5 heteroatoms. The number of thiazole rings is 1. The van der Waals surface area contributed by atoms with E-state index in [0.717, 1.165) is 26.3 Å². The van der Waals surface area contributed by atoms with Crippen molar-refractivity contribution in [2.24, 2.45) is 0 Å². The Kier molecular flexibility index (Phi) is 13.5. The highest BCUT2D eigenvalue weighted by atomic mass is 79.9. The molecule has 0 bridgehead atoms. The Morgan fingerprint density at radius 1 is 1.38 bits per heavy atom. The monoisotopic (exact) mass is 434 g/mol. The van der Waals surface area contributed by atoms with E-state index in [1.165, 1.54) is 4.88 Å². The number of methoxy groups -OCH3 is 1. The number of pyridine rings is 1.